The lowest BCUT2D eigenvalue weighted by Gasteiger charge is -2.37. The zero-order valence-corrected chi connectivity index (χ0v) is 27.0. The fourth-order valence-corrected chi connectivity index (χ4v) is 6.42. The maximum Gasteiger partial charge on any atom is 0.335 e. The number of fused-ring (bicyclic) bond motifs is 1. The van der Waals surface area contributed by atoms with Gasteiger partial charge in [0.1, 0.15) is 0 Å². The molecule has 0 unspecified atom stereocenters. The average Bonchev–Trinajstić information content (AvgIpc) is 3.38. The van der Waals surface area contributed by atoms with Crippen molar-refractivity contribution in [3.63, 3.8) is 0 Å². The standard InChI is InChI=1S/C37H46N4O3/c1-25-19-26(2)21-30(20-25)34-23-31-22-32(37(4,5)36(44)40-17-15-39(6)16-18-40)11-12-33(31)41(34)27(3)24-38-14-13-28-7-9-29(10-8-28)35(42)43/h7-12,19-23,27,38H,13-18,24H2,1-6H3,(H,42,43)/t27-/m0/s1. The van der Waals surface area contributed by atoms with E-state index in [1.165, 1.54) is 22.4 Å². The van der Waals surface area contributed by atoms with E-state index < -0.39 is 11.4 Å². The second-order valence-electron chi connectivity index (χ2n) is 13.1. The largest absolute Gasteiger partial charge is 0.478 e. The lowest BCUT2D eigenvalue weighted by Crippen LogP contribution is -2.52. The van der Waals surface area contributed by atoms with Crippen molar-refractivity contribution < 1.29 is 14.7 Å². The van der Waals surface area contributed by atoms with E-state index in [0.717, 1.165) is 67.7 Å². The van der Waals surface area contributed by atoms with Gasteiger partial charge in [-0.15, -0.1) is 0 Å². The summed E-state index contributed by atoms with van der Waals surface area (Å²) in [7, 11) is 2.11. The summed E-state index contributed by atoms with van der Waals surface area (Å²) in [6, 6.07) is 22.8. The van der Waals surface area contributed by atoms with Crippen molar-refractivity contribution in [1.82, 2.24) is 19.7 Å². The average molecular weight is 595 g/mol. The van der Waals surface area contributed by atoms with Gasteiger partial charge >= 0.3 is 5.97 Å². The summed E-state index contributed by atoms with van der Waals surface area (Å²) in [5, 5.41) is 13.9. The van der Waals surface area contributed by atoms with Crippen LogP contribution in [-0.2, 0) is 16.6 Å². The number of carbonyl (C=O) groups is 2. The molecule has 44 heavy (non-hydrogen) atoms. The Kier molecular flexibility index (Phi) is 9.28. The molecule has 0 spiro atoms. The van der Waals surface area contributed by atoms with Crippen LogP contribution in [0.15, 0.2) is 66.7 Å². The molecule has 0 aliphatic carbocycles. The highest BCUT2D eigenvalue weighted by Gasteiger charge is 2.35. The molecule has 1 atom stereocenters. The molecule has 1 fully saturated rings. The molecule has 1 saturated heterocycles. The number of aryl methyl sites for hydroxylation is 2. The Morgan fingerprint density at radius 2 is 1.57 bits per heavy atom. The number of piperazine rings is 1. The van der Waals surface area contributed by atoms with Gasteiger partial charge < -0.3 is 24.8 Å². The molecular weight excluding hydrogens is 548 g/mol. The van der Waals surface area contributed by atoms with Gasteiger partial charge in [0, 0.05) is 55.4 Å². The van der Waals surface area contributed by atoms with Crippen LogP contribution in [0.4, 0.5) is 0 Å². The van der Waals surface area contributed by atoms with Crippen molar-refractivity contribution in [3.8, 4) is 11.3 Å². The Morgan fingerprint density at radius 3 is 2.20 bits per heavy atom. The first kappa shape index (κ1) is 31.5. The number of carbonyl (C=O) groups excluding carboxylic acids is 1. The van der Waals surface area contributed by atoms with Gasteiger partial charge in [0.2, 0.25) is 5.91 Å². The molecule has 2 heterocycles. The number of nitrogens with one attached hydrogen (secondary N) is 1. The van der Waals surface area contributed by atoms with Crippen molar-refractivity contribution in [3.05, 3.63) is 94.5 Å². The zero-order valence-electron chi connectivity index (χ0n) is 27.0. The summed E-state index contributed by atoms with van der Waals surface area (Å²) in [5.41, 5.74) is 7.82. The summed E-state index contributed by atoms with van der Waals surface area (Å²) >= 11 is 0. The van der Waals surface area contributed by atoms with Crippen molar-refractivity contribution in [2.24, 2.45) is 0 Å². The number of aromatic nitrogens is 1. The lowest BCUT2D eigenvalue weighted by molar-refractivity contribution is -0.137. The van der Waals surface area contributed by atoms with Crippen LogP contribution >= 0.6 is 0 Å². The molecular formula is C37H46N4O3. The van der Waals surface area contributed by atoms with Crippen LogP contribution in [0.3, 0.4) is 0 Å². The van der Waals surface area contributed by atoms with E-state index >= 15 is 0 Å². The van der Waals surface area contributed by atoms with Crippen molar-refractivity contribution in [2.75, 3.05) is 46.3 Å². The van der Waals surface area contributed by atoms with Crippen LogP contribution in [0.25, 0.3) is 22.2 Å². The quantitative estimate of drug-likeness (QED) is 0.218. The Labute approximate surface area is 261 Å². The molecule has 3 aromatic carbocycles. The molecule has 1 aromatic heterocycles. The number of aromatic carboxylic acids is 1. The van der Waals surface area contributed by atoms with Crippen molar-refractivity contribution in [2.45, 2.75) is 52.5 Å². The van der Waals surface area contributed by atoms with Crippen LogP contribution in [0.2, 0.25) is 0 Å². The van der Waals surface area contributed by atoms with Crippen LogP contribution in [0, 0.1) is 13.8 Å². The number of carboxylic acid groups (broad SMARTS) is 1. The van der Waals surface area contributed by atoms with Gasteiger partial charge in [-0.25, -0.2) is 4.79 Å². The van der Waals surface area contributed by atoms with Gasteiger partial charge in [-0.05, 0) is 114 Å². The molecule has 232 valence electrons. The summed E-state index contributed by atoms with van der Waals surface area (Å²) in [4.78, 5) is 29.2. The second kappa shape index (κ2) is 13.0. The molecule has 1 aliphatic heterocycles. The molecule has 2 N–H and O–H groups in total. The monoisotopic (exact) mass is 594 g/mol. The maximum absolute atomic E-state index is 13.7. The summed E-state index contributed by atoms with van der Waals surface area (Å²) < 4.78 is 2.43. The van der Waals surface area contributed by atoms with E-state index in [1.807, 2.05) is 17.0 Å². The summed E-state index contributed by atoms with van der Waals surface area (Å²) in [6.45, 7) is 15.6. The molecule has 0 radical (unpaired) electrons. The van der Waals surface area contributed by atoms with Crippen LogP contribution in [-0.4, -0.2) is 77.7 Å². The highest BCUT2D eigenvalue weighted by atomic mass is 16.4. The summed E-state index contributed by atoms with van der Waals surface area (Å²) in [5.74, 6) is -0.714. The van der Waals surface area contributed by atoms with Crippen LogP contribution in [0.5, 0.6) is 0 Å². The Hall–Kier alpha value is -3.94. The van der Waals surface area contributed by atoms with Gasteiger partial charge in [0.15, 0.2) is 0 Å². The number of hydrogen-bond acceptors (Lipinski definition) is 4. The van der Waals surface area contributed by atoms with Crippen molar-refractivity contribution >= 4 is 22.8 Å². The number of hydrogen-bond donors (Lipinski definition) is 2. The first-order valence-corrected chi connectivity index (χ1v) is 15.7. The number of likely N-dealkylation sites (N-methyl/N-ethyl adjacent to an activating group) is 1. The fraction of sp³-hybridized carbons (Fsp3) is 0.405. The Bertz CT molecular complexity index is 1630. The van der Waals surface area contributed by atoms with E-state index in [9.17, 15) is 9.59 Å². The number of carboxylic acids is 1. The highest BCUT2D eigenvalue weighted by molar-refractivity contribution is 5.92. The predicted octanol–water partition coefficient (Wildman–Crippen LogP) is 6.07. The normalized spacial score (nSPS) is 15.1. The summed E-state index contributed by atoms with van der Waals surface area (Å²) in [6.07, 6.45) is 0.822. The molecule has 7 nitrogen and oxygen atoms in total. The number of amides is 1. The third-order valence-electron chi connectivity index (χ3n) is 9.07. The second-order valence-corrected chi connectivity index (χ2v) is 13.1. The Balaban J connectivity index is 1.41. The smallest absolute Gasteiger partial charge is 0.335 e. The van der Waals surface area contributed by atoms with E-state index in [4.69, 9.17) is 5.11 Å². The SMILES string of the molecule is Cc1cc(C)cc(-c2cc3cc(C(C)(C)C(=O)N4CCN(C)CC4)ccc3n2[C@@H](C)CNCCc2ccc(C(=O)O)cc2)c1. The molecule has 0 bridgehead atoms. The topological polar surface area (TPSA) is 77.8 Å². The minimum absolute atomic E-state index is 0.170. The highest BCUT2D eigenvalue weighted by Crippen LogP contribution is 2.36. The minimum atomic E-state index is -0.903. The Morgan fingerprint density at radius 1 is 0.909 bits per heavy atom. The first-order chi connectivity index (χ1) is 20.9. The van der Waals surface area contributed by atoms with Gasteiger partial charge in [-0.3, -0.25) is 4.79 Å². The first-order valence-electron chi connectivity index (χ1n) is 15.7. The number of benzene rings is 3. The van der Waals surface area contributed by atoms with E-state index in [1.54, 1.807) is 12.1 Å². The molecule has 0 saturated carbocycles. The predicted molar refractivity (Wildman–Crippen MR) is 179 cm³/mol. The molecule has 4 aromatic rings. The van der Waals surface area contributed by atoms with Gasteiger partial charge in [0.05, 0.1) is 11.0 Å². The number of rotatable bonds is 10. The van der Waals surface area contributed by atoms with E-state index in [0.29, 0.717) is 5.56 Å². The van der Waals surface area contributed by atoms with Gasteiger partial charge in [-0.1, -0.05) is 35.4 Å². The lowest BCUT2D eigenvalue weighted by atomic mass is 9.82. The van der Waals surface area contributed by atoms with E-state index in [-0.39, 0.29) is 11.9 Å². The van der Waals surface area contributed by atoms with Crippen LogP contribution in [0.1, 0.15) is 59.4 Å². The number of nitrogens with zero attached hydrogens (tertiary/aromatic N) is 3. The van der Waals surface area contributed by atoms with Crippen molar-refractivity contribution in [1.29, 1.82) is 0 Å². The van der Waals surface area contributed by atoms with Gasteiger partial charge in [-0.2, -0.15) is 0 Å². The fourth-order valence-electron chi connectivity index (χ4n) is 6.42. The molecule has 7 heteroatoms. The molecule has 1 amide bonds. The molecule has 1 aliphatic rings. The zero-order chi connectivity index (χ0) is 31.6. The van der Waals surface area contributed by atoms with Gasteiger partial charge in [0.25, 0.3) is 0 Å². The maximum atomic E-state index is 13.7. The third kappa shape index (κ3) is 6.74. The molecule has 5 rings (SSSR count). The third-order valence-corrected chi connectivity index (χ3v) is 9.07. The van der Waals surface area contributed by atoms with E-state index in [2.05, 4.69) is 98.9 Å². The minimum Gasteiger partial charge on any atom is -0.478 e. The van der Waals surface area contributed by atoms with Crippen LogP contribution < -0.4 is 5.32 Å².